The molecule has 1 aromatic carbocycles. The maximum absolute atomic E-state index is 11.0. The lowest BCUT2D eigenvalue weighted by atomic mass is 9.84. The van der Waals surface area contributed by atoms with Crippen molar-refractivity contribution in [1.82, 2.24) is 0 Å². The minimum Gasteiger partial charge on any atom is -0.478 e. The monoisotopic (exact) mass is 189 g/mol. The van der Waals surface area contributed by atoms with Gasteiger partial charge >= 0.3 is 5.97 Å². The van der Waals surface area contributed by atoms with Gasteiger partial charge in [-0.15, -0.1) is 0 Å². The molecule has 0 amide bonds. The molecule has 0 saturated carbocycles. The zero-order chi connectivity index (χ0) is 10.3. The van der Waals surface area contributed by atoms with E-state index in [-0.39, 0.29) is 5.41 Å². The summed E-state index contributed by atoms with van der Waals surface area (Å²) in [4.78, 5) is 15.2. The Labute approximate surface area is 82.1 Å². The van der Waals surface area contributed by atoms with Gasteiger partial charge in [-0.3, -0.25) is 4.99 Å². The maximum atomic E-state index is 11.0. The fourth-order valence-corrected chi connectivity index (χ4v) is 1.80. The molecule has 0 atom stereocenters. The normalized spacial score (nSPS) is 16.7. The number of aromatic carboxylic acids is 1. The lowest BCUT2D eigenvalue weighted by Gasteiger charge is -2.17. The fraction of sp³-hybridized carbons (Fsp3) is 0.273. The second-order valence-corrected chi connectivity index (χ2v) is 3.98. The van der Waals surface area contributed by atoms with Crippen LogP contribution in [-0.2, 0) is 5.41 Å². The molecule has 0 aromatic heterocycles. The van der Waals surface area contributed by atoms with Gasteiger partial charge in [0.15, 0.2) is 0 Å². The number of aliphatic imine (C=N–C) groups is 1. The zero-order valence-electron chi connectivity index (χ0n) is 8.11. The molecule has 3 heteroatoms. The maximum Gasteiger partial charge on any atom is 0.336 e. The molecule has 0 radical (unpaired) electrons. The summed E-state index contributed by atoms with van der Waals surface area (Å²) in [7, 11) is 0. The molecule has 0 saturated heterocycles. The van der Waals surface area contributed by atoms with Crippen LogP contribution < -0.4 is 0 Å². The summed E-state index contributed by atoms with van der Waals surface area (Å²) in [6.45, 7) is 3.93. The van der Waals surface area contributed by atoms with Crippen molar-refractivity contribution >= 4 is 17.9 Å². The van der Waals surface area contributed by atoms with Crippen molar-refractivity contribution in [3.05, 3.63) is 29.3 Å². The van der Waals surface area contributed by atoms with Gasteiger partial charge in [-0.1, -0.05) is 19.9 Å². The molecule has 72 valence electrons. The standard InChI is InChI=1S/C11H11NO2/c1-11(2)6-12-8-5-3-4-7(9(8)11)10(13)14/h3-6H,1-2H3,(H,13,14). The summed E-state index contributed by atoms with van der Waals surface area (Å²) in [6, 6.07) is 5.19. The largest absolute Gasteiger partial charge is 0.478 e. The van der Waals surface area contributed by atoms with Crippen LogP contribution in [0.2, 0.25) is 0 Å². The van der Waals surface area contributed by atoms with Crippen LogP contribution in [0.3, 0.4) is 0 Å². The van der Waals surface area contributed by atoms with Crippen molar-refractivity contribution in [2.45, 2.75) is 19.3 Å². The lowest BCUT2D eigenvalue weighted by Crippen LogP contribution is -2.19. The van der Waals surface area contributed by atoms with E-state index in [4.69, 9.17) is 5.11 Å². The summed E-state index contributed by atoms with van der Waals surface area (Å²) < 4.78 is 0. The van der Waals surface area contributed by atoms with Crippen LogP contribution in [0.25, 0.3) is 0 Å². The van der Waals surface area contributed by atoms with Crippen LogP contribution in [-0.4, -0.2) is 17.3 Å². The number of carboxylic acids is 1. The zero-order valence-corrected chi connectivity index (χ0v) is 8.11. The molecule has 3 nitrogen and oxygen atoms in total. The number of hydrogen-bond donors (Lipinski definition) is 1. The minimum absolute atomic E-state index is 0.273. The Morgan fingerprint density at radius 2 is 2.14 bits per heavy atom. The van der Waals surface area contributed by atoms with Crippen molar-refractivity contribution in [2.75, 3.05) is 0 Å². The third kappa shape index (κ3) is 1.13. The molecule has 14 heavy (non-hydrogen) atoms. The number of nitrogens with zero attached hydrogens (tertiary/aromatic N) is 1. The van der Waals surface area contributed by atoms with E-state index in [1.807, 2.05) is 19.9 Å². The van der Waals surface area contributed by atoms with E-state index in [1.165, 1.54) is 0 Å². The Kier molecular flexibility index (Phi) is 1.71. The Morgan fingerprint density at radius 3 is 2.79 bits per heavy atom. The average Bonchev–Trinajstić information content (AvgIpc) is 2.43. The van der Waals surface area contributed by atoms with Crippen LogP contribution in [0.4, 0.5) is 5.69 Å². The minimum atomic E-state index is -0.888. The van der Waals surface area contributed by atoms with Gasteiger partial charge in [-0.25, -0.2) is 4.79 Å². The van der Waals surface area contributed by atoms with E-state index in [0.29, 0.717) is 5.56 Å². The highest BCUT2D eigenvalue weighted by molar-refractivity contribution is 5.97. The number of fused-ring (bicyclic) bond motifs is 1. The quantitative estimate of drug-likeness (QED) is 0.737. The average molecular weight is 189 g/mol. The summed E-state index contributed by atoms with van der Waals surface area (Å²) >= 11 is 0. The Bertz CT molecular complexity index is 433. The van der Waals surface area contributed by atoms with Gasteiger partial charge in [0.1, 0.15) is 0 Å². The van der Waals surface area contributed by atoms with E-state index >= 15 is 0 Å². The SMILES string of the molecule is CC1(C)C=Nc2cccc(C(=O)O)c21. The lowest BCUT2D eigenvalue weighted by molar-refractivity contribution is 0.0695. The van der Waals surface area contributed by atoms with Gasteiger partial charge in [-0.05, 0) is 12.1 Å². The Balaban J connectivity index is 2.70. The first-order valence-corrected chi connectivity index (χ1v) is 4.44. The second-order valence-electron chi connectivity index (χ2n) is 3.98. The molecule has 0 fully saturated rings. The summed E-state index contributed by atoms with van der Waals surface area (Å²) in [5.41, 5.74) is 1.66. The third-order valence-electron chi connectivity index (χ3n) is 2.44. The molecule has 1 aliphatic heterocycles. The Morgan fingerprint density at radius 1 is 1.43 bits per heavy atom. The first kappa shape index (κ1) is 8.94. The summed E-state index contributed by atoms with van der Waals surface area (Å²) in [5.74, 6) is -0.888. The number of benzene rings is 1. The second kappa shape index (κ2) is 2.67. The predicted molar refractivity (Wildman–Crippen MR) is 54.6 cm³/mol. The molecule has 0 unspecified atom stereocenters. The molecule has 0 spiro atoms. The van der Waals surface area contributed by atoms with Gasteiger partial charge in [0, 0.05) is 17.2 Å². The molecule has 1 N–H and O–H groups in total. The van der Waals surface area contributed by atoms with Gasteiger partial charge < -0.3 is 5.11 Å². The van der Waals surface area contributed by atoms with Crippen molar-refractivity contribution in [1.29, 1.82) is 0 Å². The molecular weight excluding hydrogens is 178 g/mol. The van der Waals surface area contributed by atoms with Crippen molar-refractivity contribution in [3.63, 3.8) is 0 Å². The molecule has 0 aliphatic carbocycles. The van der Waals surface area contributed by atoms with Gasteiger partial charge in [0.05, 0.1) is 11.3 Å². The van der Waals surface area contributed by atoms with E-state index in [2.05, 4.69) is 4.99 Å². The van der Waals surface area contributed by atoms with E-state index < -0.39 is 5.97 Å². The highest BCUT2D eigenvalue weighted by Crippen LogP contribution is 2.38. The van der Waals surface area contributed by atoms with Crippen molar-refractivity contribution < 1.29 is 9.90 Å². The van der Waals surface area contributed by atoms with E-state index in [9.17, 15) is 4.79 Å². The fourth-order valence-electron chi connectivity index (χ4n) is 1.80. The first-order chi connectivity index (χ1) is 6.52. The number of carbonyl (C=O) groups is 1. The van der Waals surface area contributed by atoms with Crippen LogP contribution >= 0.6 is 0 Å². The molecule has 1 aromatic rings. The molecule has 2 rings (SSSR count). The smallest absolute Gasteiger partial charge is 0.336 e. The van der Waals surface area contributed by atoms with Crippen molar-refractivity contribution in [3.8, 4) is 0 Å². The van der Waals surface area contributed by atoms with Crippen LogP contribution in [0.15, 0.2) is 23.2 Å². The first-order valence-electron chi connectivity index (χ1n) is 4.44. The highest BCUT2D eigenvalue weighted by Gasteiger charge is 2.31. The highest BCUT2D eigenvalue weighted by atomic mass is 16.4. The molecule has 1 aliphatic rings. The van der Waals surface area contributed by atoms with Crippen LogP contribution in [0, 0.1) is 0 Å². The number of rotatable bonds is 1. The van der Waals surface area contributed by atoms with Gasteiger partial charge in [0.2, 0.25) is 0 Å². The molecule has 0 bridgehead atoms. The van der Waals surface area contributed by atoms with Crippen LogP contribution in [0.1, 0.15) is 29.8 Å². The molecule has 1 heterocycles. The molecular formula is C11H11NO2. The van der Waals surface area contributed by atoms with Gasteiger partial charge in [0.25, 0.3) is 0 Å². The third-order valence-corrected chi connectivity index (χ3v) is 2.44. The topological polar surface area (TPSA) is 49.7 Å². The van der Waals surface area contributed by atoms with Gasteiger partial charge in [-0.2, -0.15) is 0 Å². The predicted octanol–water partition coefficient (Wildman–Crippen LogP) is 2.38. The summed E-state index contributed by atoms with van der Waals surface area (Å²) in [6.07, 6.45) is 1.80. The van der Waals surface area contributed by atoms with E-state index in [1.54, 1.807) is 18.3 Å². The number of hydrogen-bond acceptors (Lipinski definition) is 2. The van der Waals surface area contributed by atoms with Crippen LogP contribution in [0.5, 0.6) is 0 Å². The van der Waals surface area contributed by atoms with E-state index in [0.717, 1.165) is 11.3 Å². The Hall–Kier alpha value is -1.64. The number of carboxylic acid groups (broad SMARTS) is 1. The van der Waals surface area contributed by atoms with Crippen molar-refractivity contribution in [2.24, 2.45) is 4.99 Å². The summed E-state index contributed by atoms with van der Waals surface area (Å²) in [5, 5.41) is 9.03.